The summed E-state index contributed by atoms with van der Waals surface area (Å²) < 4.78 is 18.3. The maximum Gasteiger partial charge on any atom is 0.330 e. The summed E-state index contributed by atoms with van der Waals surface area (Å²) in [6, 6.07) is 9.79. The minimum absolute atomic E-state index is 0.187. The van der Waals surface area contributed by atoms with Gasteiger partial charge in [0.2, 0.25) is 0 Å². The molecule has 8 heteroatoms. The van der Waals surface area contributed by atoms with Crippen LogP contribution in [0.25, 0.3) is 0 Å². The molecule has 1 aliphatic rings. The smallest absolute Gasteiger partial charge is 0.330 e. The zero-order valence-electron chi connectivity index (χ0n) is 16.2. The highest BCUT2D eigenvalue weighted by Gasteiger charge is 2.28. The Morgan fingerprint density at radius 3 is 2.71 bits per heavy atom. The Kier molecular flexibility index (Phi) is 6.31. The van der Waals surface area contributed by atoms with Gasteiger partial charge in [0.05, 0.1) is 19.8 Å². The summed E-state index contributed by atoms with van der Waals surface area (Å²) in [6.07, 6.45) is 0.224. The minimum atomic E-state index is -1.65. The number of ether oxygens (including phenoxy) is 3. The average molecular weight is 401 g/mol. The van der Waals surface area contributed by atoms with Crippen LogP contribution in [0.2, 0.25) is 19.6 Å². The van der Waals surface area contributed by atoms with Gasteiger partial charge in [-0.1, -0.05) is 55.9 Å². The number of nitrogens with zero attached hydrogens (tertiary/aromatic N) is 1. The fourth-order valence-corrected chi connectivity index (χ4v) is 3.08. The van der Waals surface area contributed by atoms with Crippen molar-refractivity contribution >= 4 is 8.07 Å². The number of rotatable bonds is 5. The van der Waals surface area contributed by atoms with Crippen LogP contribution in [0.3, 0.4) is 0 Å². The van der Waals surface area contributed by atoms with Crippen molar-refractivity contribution in [3.63, 3.8) is 0 Å². The van der Waals surface area contributed by atoms with Crippen LogP contribution in [0.15, 0.2) is 46.1 Å². The van der Waals surface area contributed by atoms with Crippen molar-refractivity contribution in [2.75, 3.05) is 13.2 Å². The second-order valence-electron chi connectivity index (χ2n) is 7.56. The quantitative estimate of drug-likeness (QED) is 0.612. The molecule has 1 aliphatic heterocycles. The molecule has 28 heavy (non-hydrogen) atoms. The first-order valence-corrected chi connectivity index (χ1v) is 12.6. The molecule has 1 fully saturated rings. The Morgan fingerprint density at radius 1 is 1.25 bits per heavy atom. The second-order valence-corrected chi connectivity index (χ2v) is 12.3. The van der Waals surface area contributed by atoms with E-state index < -0.39 is 31.8 Å². The van der Waals surface area contributed by atoms with E-state index in [1.54, 1.807) is 0 Å². The SMILES string of the molecule is C[Si](C)(C)C#Cc1cn([C@H]2CO[C@@H](COCc3ccccc3)O2)c(=O)[nH]c1=O. The minimum Gasteiger partial charge on any atom is -0.371 e. The topological polar surface area (TPSA) is 82.6 Å². The molecule has 148 valence electrons. The summed E-state index contributed by atoms with van der Waals surface area (Å²) in [5.74, 6) is 2.89. The van der Waals surface area contributed by atoms with Crippen molar-refractivity contribution in [2.45, 2.75) is 38.8 Å². The molecule has 7 nitrogen and oxygen atoms in total. The van der Waals surface area contributed by atoms with Crippen LogP contribution < -0.4 is 11.2 Å². The molecule has 2 heterocycles. The number of benzene rings is 1. The highest BCUT2D eigenvalue weighted by atomic mass is 28.3. The van der Waals surface area contributed by atoms with Crippen LogP contribution in [-0.2, 0) is 20.8 Å². The lowest BCUT2D eigenvalue weighted by molar-refractivity contribution is -0.118. The van der Waals surface area contributed by atoms with Gasteiger partial charge in [-0.3, -0.25) is 14.3 Å². The van der Waals surface area contributed by atoms with Gasteiger partial charge < -0.3 is 14.2 Å². The highest BCUT2D eigenvalue weighted by Crippen LogP contribution is 2.20. The van der Waals surface area contributed by atoms with Gasteiger partial charge in [0.15, 0.2) is 12.5 Å². The Morgan fingerprint density at radius 2 is 2.00 bits per heavy atom. The van der Waals surface area contributed by atoms with Gasteiger partial charge in [0.25, 0.3) is 5.56 Å². The molecule has 0 unspecified atom stereocenters. The molecule has 1 aromatic carbocycles. The Balaban J connectivity index is 1.65. The van der Waals surface area contributed by atoms with Gasteiger partial charge in [-0.25, -0.2) is 4.79 Å². The van der Waals surface area contributed by atoms with Gasteiger partial charge in [-0.2, -0.15) is 0 Å². The van der Waals surface area contributed by atoms with Crippen molar-refractivity contribution in [3.05, 3.63) is 68.5 Å². The fraction of sp³-hybridized carbons (Fsp3) is 0.400. The first kappa shape index (κ1) is 20.3. The molecule has 1 aromatic heterocycles. The molecule has 2 aromatic rings. The average Bonchev–Trinajstić information content (AvgIpc) is 3.10. The first-order valence-electron chi connectivity index (χ1n) is 9.09. The predicted octanol–water partition coefficient (Wildman–Crippen LogP) is 1.85. The van der Waals surface area contributed by atoms with Gasteiger partial charge in [-0.05, 0) is 5.56 Å². The van der Waals surface area contributed by atoms with Gasteiger partial charge >= 0.3 is 5.69 Å². The van der Waals surface area contributed by atoms with Gasteiger partial charge in [0.1, 0.15) is 13.6 Å². The number of aromatic amines is 1. The number of hydrogen-bond acceptors (Lipinski definition) is 5. The molecule has 0 bridgehead atoms. The van der Waals surface area contributed by atoms with Crippen LogP contribution in [0.5, 0.6) is 0 Å². The lowest BCUT2D eigenvalue weighted by atomic mass is 10.2. The maximum absolute atomic E-state index is 12.2. The van der Waals surface area contributed by atoms with E-state index in [9.17, 15) is 9.59 Å². The molecule has 1 saturated heterocycles. The molecular formula is C20H24N2O5Si. The highest BCUT2D eigenvalue weighted by molar-refractivity contribution is 6.83. The fourth-order valence-electron chi connectivity index (χ4n) is 2.57. The predicted molar refractivity (Wildman–Crippen MR) is 108 cm³/mol. The van der Waals surface area contributed by atoms with Crippen molar-refractivity contribution in [1.82, 2.24) is 9.55 Å². The monoisotopic (exact) mass is 400 g/mol. The molecule has 0 aliphatic carbocycles. The van der Waals surface area contributed by atoms with E-state index in [2.05, 4.69) is 36.1 Å². The molecule has 0 saturated carbocycles. The third-order valence-corrected chi connectivity index (χ3v) is 4.82. The molecule has 0 spiro atoms. The van der Waals surface area contributed by atoms with Gasteiger partial charge in [-0.15, -0.1) is 5.54 Å². The van der Waals surface area contributed by atoms with Crippen molar-refractivity contribution in [3.8, 4) is 11.5 Å². The van der Waals surface area contributed by atoms with Crippen molar-refractivity contribution in [1.29, 1.82) is 0 Å². The molecule has 1 N–H and O–H groups in total. The van der Waals surface area contributed by atoms with Crippen molar-refractivity contribution in [2.24, 2.45) is 0 Å². The third-order valence-electron chi connectivity index (χ3n) is 3.95. The van der Waals surface area contributed by atoms with E-state index in [1.165, 1.54) is 10.8 Å². The summed E-state index contributed by atoms with van der Waals surface area (Å²) >= 11 is 0. The Bertz CT molecular complexity index is 982. The molecule has 0 amide bonds. The van der Waals surface area contributed by atoms with Crippen molar-refractivity contribution < 1.29 is 14.2 Å². The summed E-state index contributed by atoms with van der Waals surface area (Å²) in [6.45, 7) is 7.12. The lowest BCUT2D eigenvalue weighted by Crippen LogP contribution is -2.34. The Hall–Kier alpha value is -2.44. The summed E-state index contributed by atoms with van der Waals surface area (Å²) in [5.41, 5.74) is 3.39. The maximum atomic E-state index is 12.2. The standard InChI is InChI=1S/C20H24N2O5Si/c1-28(2,3)10-9-16-11-22(20(24)21-19(16)23)17-13-26-18(27-17)14-25-12-15-7-5-4-6-8-15/h4-8,11,17-18H,12-14H2,1-3H3,(H,21,23,24)/t17-,18-/m1/s1. The van der Waals surface area contributed by atoms with E-state index >= 15 is 0 Å². The van der Waals surface area contributed by atoms with Crippen LogP contribution in [0.1, 0.15) is 17.4 Å². The molecule has 2 atom stereocenters. The van der Waals surface area contributed by atoms with E-state index in [1.807, 2.05) is 30.3 Å². The van der Waals surface area contributed by atoms with E-state index in [0.717, 1.165) is 5.56 Å². The zero-order chi connectivity index (χ0) is 20.1. The van der Waals surface area contributed by atoms with Crippen LogP contribution in [0, 0.1) is 11.5 Å². The van der Waals surface area contributed by atoms with Gasteiger partial charge in [0, 0.05) is 6.20 Å². The Labute approximate surface area is 164 Å². The third kappa shape index (κ3) is 5.53. The first-order chi connectivity index (χ1) is 13.3. The second kappa shape index (κ2) is 8.71. The zero-order valence-corrected chi connectivity index (χ0v) is 17.2. The number of hydrogen-bond donors (Lipinski definition) is 1. The van der Waals surface area contributed by atoms with E-state index in [0.29, 0.717) is 6.61 Å². The molecule has 3 rings (SSSR count). The van der Waals surface area contributed by atoms with Crippen LogP contribution >= 0.6 is 0 Å². The normalized spacial score (nSPS) is 19.2. The molecule has 0 radical (unpaired) electrons. The largest absolute Gasteiger partial charge is 0.371 e. The van der Waals surface area contributed by atoms with Crippen LogP contribution in [0.4, 0.5) is 0 Å². The summed E-state index contributed by atoms with van der Waals surface area (Å²) in [5, 5.41) is 0. The number of nitrogens with one attached hydrogen (secondary N) is 1. The van der Waals surface area contributed by atoms with Crippen LogP contribution in [-0.4, -0.2) is 37.1 Å². The summed E-state index contributed by atoms with van der Waals surface area (Å²) in [4.78, 5) is 26.5. The molecular weight excluding hydrogens is 376 g/mol. The lowest BCUT2D eigenvalue weighted by Gasteiger charge is -2.14. The number of H-pyrrole nitrogens is 1. The van der Waals surface area contributed by atoms with E-state index in [4.69, 9.17) is 14.2 Å². The number of aromatic nitrogens is 2. The van der Waals surface area contributed by atoms with E-state index in [-0.39, 0.29) is 18.8 Å². The summed E-state index contributed by atoms with van der Waals surface area (Å²) in [7, 11) is -1.65.